The average Bonchev–Trinajstić information content (AvgIpc) is 3.19. The van der Waals surface area contributed by atoms with Gasteiger partial charge in [0.05, 0.1) is 6.26 Å². The molecule has 0 aliphatic carbocycles. The molecule has 0 saturated heterocycles. The number of nitrogens with one attached hydrogen (secondary N) is 1. The second kappa shape index (κ2) is 6.52. The van der Waals surface area contributed by atoms with Crippen LogP contribution < -0.4 is 10.2 Å². The molecule has 1 N–H and O–H groups in total. The first-order valence-corrected chi connectivity index (χ1v) is 7.58. The van der Waals surface area contributed by atoms with Gasteiger partial charge < -0.3 is 14.6 Å². The number of anilines is 1. The Hall–Kier alpha value is -2.49. The van der Waals surface area contributed by atoms with Crippen molar-refractivity contribution in [3.05, 3.63) is 60.1 Å². The van der Waals surface area contributed by atoms with Gasteiger partial charge in [-0.15, -0.1) is 0 Å². The van der Waals surface area contributed by atoms with E-state index in [1.165, 1.54) is 17.3 Å². The van der Waals surface area contributed by atoms with Gasteiger partial charge in [-0.25, -0.2) is 0 Å². The Kier molecular flexibility index (Phi) is 4.28. The highest BCUT2D eigenvalue weighted by Gasteiger charge is 2.22. The lowest BCUT2D eigenvalue weighted by Gasteiger charge is -2.27. The number of para-hydroxylation sites is 1. The third kappa shape index (κ3) is 3.22. The molecular weight excluding hydrogens is 276 g/mol. The summed E-state index contributed by atoms with van der Waals surface area (Å²) in [6.07, 6.45) is 5.84. The van der Waals surface area contributed by atoms with Crippen molar-refractivity contribution in [2.24, 2.45) is 0 Å². The molecule has 4 nitrogen and oxygen atoms in total. The Bertz CT molecular complexity index is 661. The zero-order chi connectivity index (χ0) is 15.4. The summed E-state index contributed by atoms with van der Waals surface area (Å²) >= 11 is 0. The number of hydrogen-bond donors (Lipinski definition) is 1. The van der Waals surface area contributed by atoms with E-state index >= 15 is 0 Å². The van der Waals surface area contributed by atoms with Gasteiger partial charge >= 0.3 is 0 Å². The van der Waals surface area contributed by atoms with E-state index in [1.54, 1.807) is 18.4 Å². The van der Waals surface area contributed by atoms with E-state index in [-0.39, 0.29) is 11.9 Å². The monoisotopic (exact) mass is 296 g/mol. The lowest BCUT2D eigenvalue weighted by molar-refractivity contribution is -0.116. The van der Waals surface area contributed by atoms with Crippen molar-refractivity contribution in [1.29, 1.82) is 0 Å². The number of carbonyl (C=O) groups excluding carboxylic acids is 1. The zero-order valence-electron chi connectivity index (χ0n) is 12.7. The van der Waals surface area contributed by atoms with Crippen LogP contribution in [-0.2, 0) is 11.2 Å². The lowest BCUT2D eigenvalue weighted by Crippen LogP contribution is -2.41. The van der Waals surface area contributed by atoms with Gasteiger partial charge in [-0.1, -0.05) is 18.2 Å². The molecule has 1 amide bonds. The van der Waals surface area contributed by atoms with Crippen molar-refractivity contribution < 1.29 is 9.21 Å². The first-order valence-electron chi connectivity index (χ1n) is 7.58. The highest BCUT2D eigenvalue weighted by atomic mass is 16.3. The van der Waals surface area contributed by atoms with Crippen LogP contribution in [0.1, 0.15) is 18.2 Å². The van der Waals surface area contributed by atoms with Crippen molar-refractivity contribution in [2.75, 3.05) is 18.0 Å². The first-order chi connectivity index (χ1) is 10.7. The Labute approximate surface area is 130 Å². The molecule has 3 rings (SSSR count). The van der Waals surface area contributed by atoms with E-state index in [9.17, 15) is 4.79 Å². The summed E-state index contributed by atoms with van der Waals surface area (Å²) in [4.78, 5) is 14.2. The number of benzene rings is 1. The van der Waals surface area contributed by atoms with Gasteiger partial charge in [-0.2, -0.15) is 0 Å². The third-order valence-electron chi connectivity index (χ3n) is 3.97. The molecule has 1 atom stereocenters. The van der Waals surface area contributed by atoms with Crippen molar-refractivity contribution in [3.63, 3.8) is 0 Å². The minimum Gasteiger partial charge on any atom is -0.465 e. The van der Waals surface area contributed by atoms with Gasteiger partial charge in [0.1, 0.15) is 5.76 Å². The summed E-state index contributed by atoms with van der Waals surface area (Å²) in [7, 11) is 0. The Morgan fingerprint density at radius 3 is 3.05 bits per heavy atom. The highest BCUT2D eigenvalue weighted by molar-refractivity contribution is 5.91. The Balaban J connectivity index is 1.52. The molecule has 1 unspecified atom stereocenters. The van der Waals surface area contributed by atoms with Gasteiger partial charge in [0.2, 0.25) is 5.91 Å². The maximum absolute atomic E-state index is 11.8. The molecular formula is C18H20N2O2. The fourth-order valence-electron chi connectivity index (χ4n) is 2.78. The minimum atomic E-state index is -0.101. The fourth-order valence-corrected chi connectivity index (χ4v) is 2.78. The first kappa shape index (κ1) is 14.4. The number of furan rings is 1. The molecule has 4 heteroatoms. The third-order valence-corrected chi connectivity index (χ3v) is 3.97. The Morgan fingerprint density at radius 1 is 1.36 bits per heavy atom. The molecule has 0 fully saturated rings. The van der Waals surface area contributed by atoms with Crippen LogP contribution in [0, 0.1) is 0 Å². The van der Waals surface area contributed by atoms with E-state index in [0.717, 1.165) is 13.0 Å². The molecule has 2 heterocycles. The van der Waals surface area contributed by atoms with E-state index in [0.29, 0.717) is 12.3 Å². The Morgan fingerprint density at radius 2 is 2.23 bits per heavy atom. The molecule has 1 aromatic heterocycles. The number of nitrogens with zero attached hydrogens (tertiary/aromatic N) is 1. The van der Waals surface area contributed by atoms with Crippen LogP contribution in [0.3, 0.4) is 0 Å². The van der Waals surface area contributed by atoms with Crippen molar-refractivity contribution in [1.82, 2.24) is 5.32 Å². The standard InChI is InChI=1S/C18H20N2O2/c1-14(20-11-10-15-5-2-3-7-17(15)20)13-19-18(21)9-8-16-6-4-12-22-16/h2-9,12,14H,10-11,13H2,1H3,(H,19,21). The van der Waals surface area contributed by atoms with Gasteiger partial charge in [-0.05, 0) is 43.2 Å². The fraction of sp³-hybridized carbons (Fsp3) is 0.278. The molecule has 114 valence electrons. The van der Waals surface area contributed by atoms with Crippen LogP contribution in [0.4, 0.5) is 5.69 Å². The van der Waals surface area contributed by atoms with Crippen LogP contribution in [0.15, 0.2) is 53.2 Å². The summed E-state index contributed by atoms with van der Waals surface area (Å²) < 4.78 is 5.15. The van der Waals surface area contributed by atoms with Gasteiger partial charge in [0.25, 0.3) is 0 Å². The predicted octanol–water partition coefficient (Wildman–Crippen LogP) is 2.86. The summed E-state index contributed by atoms with van der Waals surface area (Å²) in [5, 5.41) is 2.94. The molecule has 1 aliphatic rings. The molecule has 0 radical (unpaired) electrons. The second-order valence-electron chi connectivity index (χ2n) is 5.52. The molecule has 0 saturated carbocycles. The predicted molar refractivity (Wildman–Crippen MR) is 87.7 cm³/mol. The van der Waals surface area contributed by atoms with Gasteiger partial charge in [0, 0.05) is 30.9 Å². The molecule has 2 aromatic rings. The maximum Gasteiger partial charge on any atom is 0.244 e. The minimum absolute atomic E-state index is 0.101. The van der Waals surface area contributed by atoms with Crippen molar-refractivity contribution in [2.45, 2.75) is 19.4 Å². The summed E-state index contributed by atoms with van der Waals surface area (Å²) in [6, 6.07) is 12.3. The largest absolute Gasteiger partial charge is 0.465 e. The van der Waals surface area contributed by atoms with Crippen LogP contribution in [0.5, 0.6) is 0 Å². The molecule has 0 bridgehead atoms. The number of rotatable bonds is 5. The van der Waals surface area contributed by atoms with E-state index in [2.05, 4.69) is 41.4 Å². The second-order valence-corrected chi connectivity index (χ2v) is 5.52. The summed E-state index contributed by atoms with van der Waals surface area (Å²) in [6.45, 7) is 3.77. The van der Waals surface area contributed by atoms with Crippen molar-refractivity contribution >= 4 is 17.7 Å². The zero-order valence-corrected chi connectivity index (χ0v) is 12.7. The number of fused-ring (bicyclic) bond motifs is 1. The molecule has 22 heavy (non-hydrogen) atoms. The van der Waals surface area contributed by atoms with Gasteiger partial charge in [0.15, 0.2) is 0 Å². The van der Waals surface area contributed by atoms with Crippen LogP contribution in [-0.4, -0.2) is 25.0 Å². The molecule has 1 aliphatic heterocycles. The maximum atomic E-state index is 11.8. The van der Waals surface area contributed by atoms with Crippen molar-refractivity contribution in [3.8, 4) is 0 Å². The van der Waals surface area contributed by atoms with E-state index in [1.807, 2.05) is 6.07 Å². The highest BCUT2D eigenvalue weighted by Crippen LogP contribution is 2.28. The van der Waals surface area contributed by atoms with Crippen LogP contribution in [0.2, 0.25) is 0 Å². The van der Waals surface area contributed by atoms with Crippen LogP contribution >= 0.6 is 0 Å². The molecule has 1 aromatic carbocycles. The molecule has 0 spiro atoms. The van der Waals surface area contributed by atoms with E-state index < -0.39 is 0 Å². The quantitative estimate of drug-likeness (QED) is 0.863. The average molecular weight is 296 g/mol. The van der Waals surface area contributed by atoms with Crippen LogP contribution in [0.25, 0.3) is 6.08 Å². The smallest absolute Gasteiger partial charge is 0.244 e. The van der Waals surface area contributed by atoms with Gasteiger partial charge in [-0.3, -0.25) is 4.79 Å². The number of carbonyl (C=O) groups is 1. The number of hydrogen-bond acceptors (Lipinski definition) is 3. The lowest BCUT2D eigenvalue weighted by atomic mass is 10.2. The normalized spacial score (nSPS) is 15.0. The summed E-state index contributed by atoms with van der Waals surface area (Å²) in [5.41, 5.74) is 2.67. The number of amides is 1. The van der Waals surface area contributed by atoms with E-state index in [4.69, 9.17) is 4.42 Å². The topological polar surface area (TPSA) is 45.5 Å². The summed E-state index contributed by atoms with van der Waals surface area (Å²) in [5.74, 6) is 0.576. The SMILES string of the molecule is CC(CNC(=O)C=Cc1ccco1)N1CCc2ccccc21.